The average molecular weight is 204 g/mol. The lowest BCUT2D eigenvalue weighted by molar-refractivity contribution is 0.206. The summed E-state index contributed by atoms with van der Waals surface area (Å²) in [5.74, 6) is 0. The first-order valence-corrected chi connectivity index (χ1v) is 5.18. The van der Waals surface area contributed by atoms with Crippen LogP contribution in [0.1, 0.15) is 26.7 Å². The summed E-state index contributed by atoms with van der Waals surface area (Å²) in [6.45, 7) is 5.76. The summed E-state index contributed by atoms with van der Waals surface area (Å²) in [7, 11) is 0. The molecule has 4 heteroatoms. The maximum absolute atomic E-state index is 13.4. The third-order valence-corrected chi connectivity index (χ3v) is 2.64. The Morgan fingerprint density at radius 3 is 2.85 bits per heavy atom. The standard InChI is InChI=1S/C9H17FN2S/c1-3-5-11-8(13)12-6-4-9(2,10)7-12/h3-7H2,1-2H3,(H,11,13). The lowest BCUT2D eigenvalue weighted by atomic mass is 10.1. The van der Waals surface area contributed by atoms with Crippen LogP contribution < -0.4 is 5.32 Å². The average Bonchev–Trinajstić information content (AvgIpc) is 2.42. The molecule has 1 saturated heterocycles. The van der Waals surface area contributed by atoms with Crippen molar-refractivity contribution in [1.29, 1.82) is 0 Å². The number of nitrogens with zero attached hydrogens (tertiary/aromatic N) is 1. The number of thiocarbonyl (C=S) groups is 1. The molecule has 0 aromatic carbocycles. The van der Waals surface area contributed by atoms with E-state index in [0.717, 1.165) is 19.5 Å². The fraction of sp³-hybridized carbons (Fsp3) is 0.889. The fourth-order valence-electron chi connectivity index (χ4n) is 1.44. The molecule has 0 amide bonds. The van der Waals surface area contributed by atoms with Crippen LogP contribution in [0.2, 0.25) is 0 Å². The van der Waals surface area contributed by atoms with Crippen LogP contribution in [0.3, 0.4) is 0 Å². The van der Waals surface area contributed by atoms with Crippen LogP contribution in [0, 0.1) is 0 Å². The number of hydrogen-bond donors (Lipinski definition) is 1. The second-order valence-corrected chi connectivity index (χ2v) is 4.20. The van der Waals surface area contributed by atoms with Gasteiger partial charge in [0.2, 0.25) is 0 Å². The molecule has 1 aliphatic rings. The highest BCUT2D eigenvalue weighted by Gasteiger charge is 2.34. The van der Waals surface area contributed by atoms with Crippen LogP contribution in [-0.4, -0.2) is 35.3 Å². The Bertz CT molecular complexity index is 194. The van der Waals surface area contributed by atoms with Gasteiger partial charge in [0.05, 0.1) is 6.54 Å². The van der Waals surface area contributed by atoms with Crippen LogP contribution in [0.5, 0.6) is 0 Å². The molecule has 1 aliphatic heterocycles. The van der Waals surface area contributed by atoms with Crippen molar-refractivity contribution in [1.82, 2.24) is 10.2 Å². The Morgan fingerprint density at radius 1 is 1.69 bits per heavy atom. The molecule has 0 radical (unpaired) electrons. The topological polar surface area (TPSA) is 15.3 Å². The van der Waals surface area contributed by atoms with E-state index in [9.17, 15) is 4.39 Å². The largest absolute Gasteiger partial charge is 0.363 e. The Morgan fingerprint density at radius 2 is 2.38 bits per heavy atom. The minimum atomic E-state index is -1.06. The predicted molar refractivity (Wildman–Crippen MR) is 56.6 cm³/mol. The maximum atomic E-state index is 13.4. The molecule has 1 N–H and O–H groups in total. The van der Waals surface area contributed by atoms with E-state index in [2.05, 4.69) is 12.2 Å². The summed E-state index contributed by atoms with van der Waals surface area (Å²) in [6, 6.07) is 0. The molecule has 1 atom stereocenters. The number of nitrogens with one attached hydrogen (secondary N) is 1. The van der Waals surface area contributed by atoms with Crippen LogP contribution in [0.4, 0.5) is 4.39 Å². The molecule has 0 aromatic heterocycles. The third kappa shape index (κ3) is 3.10. The fourth-order valence-corrected chi connectivity index (χ4v) is 1.70. The van der Waals surface area contributed by atoms with Gasteiger partial charge in [-0.25, -0.2) is 4.39 Å². The van der Waals surface area contributed by atoms with Crippen LogP contribution in [0.25, 0.3) is 0 Å². The summed E-state index contributed by atoms with van der Waals surface area (Å²) in [4.78, 5) is 1.91. The Balaban J connectivity index is 2.33. The molecule has 0 spiro atoms. The second-order valence-electron chi connectivity index (χ2n) is 3.82. The van der Waals surface area contributed by atoms with Gasteiger partial charge in [-0.1, -0.05) is 6.92 Å². The number of alkyl halides is 1. The zero-order chi connectivity index (χ0) is 9.90. The molecule has 76 valence electrons. The summed E-state index contributed by atoms with van der Waals surface area (Å²) < 4.78 is 13.4. The number of hydrogen-bond acceptors (Lipinski definition) is 1. The first-order valence-electron chi connectivity index (χ1n) is 4.77. The van der Waals surface area contributed by atoms with Crippen LogP contribution in [0.15, 0.2) is 0 Å². The molecule has 0 bridgehead atoms. The maximum Gasteiger partial charge on any atom is 0.169 e. The molecule has 13 heavy (non-hydrogen) atoms. The first-order chi connectivity index (χ1) is 6.05. The molecule has 1 heterocycles. The SMILES string of the molecule is CCCNC(=S)N1CCC(C)(F)C1. The summed E-state index contributed by atoms with van der Waals surface area (Å²) in [5.41, 5.74) is -1.06. The first kappa shape index (κ1) is 10.7. The quantitative estimate of drug-likeness (QED) is 0.689. The van der Waals surface area contributed by atoms with E-state index in [1.807, 2.05) is 4.90 Å². The van der Waals surface area contributed by atoms with Crippen molar-refractivity contribution >= 4 is 17.3 Å². The summed E-state index contributed by atoms with van der Waals surface area (Å²) in [6.07, 6.45) is 1.63. The smallest absolute Gasteiger partial charge is 0.169 e. The normalized spacial score (nSPS) is 27.8. The zero-order valence-corrected chi connectivity index (χ0v) is 9.09. The minimum Gasteiger partial charge on any atom is -0.363 e. The molecular weight excluding hydrogens is 187 g/mol. The van der Waals surface area contributed by atoms with Crippen LogP contribution in [-0.2, 0) is 0 Å². The molecule has 0 aliphatic carbocycles. The predicted octanol–water partition coefficient (Wildman–Crippen LogP) is 1.70. The molecule has 1 unspecified atom stereocenters. The highest BCUT2D eigenvalue weighted by molar-refractivity contribution is 7.80. The van der Waals surface area contributed by atoms with Crippen molar-refractivity contribution in [2.45, 2.75) is 32.4 Å². The van der Waals surface area contributed by atoms with Crippen molar-refractivity contribution in [3.05, 3.63) is 0 Å². The molecule has 1 fully saturated rings. The molecular formula is C9H17FN2S. The van der Waals surface area contributed by atoms with E-state index >= 15 is 0 Å². The number of rotatable bonds is 2. The van der Waals surface area contributed by atoms with Gasteiger partial charge in [-0.05, 0) is 25.6 Å². The van der Waals surface area contributed by atoms with E-state index in [-0.39, 0.29) is 0 Å². The van der Waals surface area contributed by atoms with Gasteiger partial charge in [0.25, 0.3) is 0 Å². The zero-order valence-electron chi connectivity index (χ0n) is 8.27. The van der Waals surface area contributed by atoms with Crippen molar-refractivity contribution in [2.24, 2.45) is 0 Å². The number of halogens is 1. The van der Waals surface area contributed by atoms with Gasteiger partial charge in [-0.2, -0.15) is 0 Å². The van der Waals surface area contributed by atoms with Gasteiger partial charge in [-0.3, -0.25) is 0 Å². The Kier molecular flexibility index (Phi) is 3.47. The van der Waals surface area contributed by atoms with Gasteiger partial charge in [0.15, 0.2) is 5.11 Å². The molecule has 2 nitrogen and oxygen atoms in total. The highest BCUT2D eigenvalue weighted by atomic mass is 32.1. The Hall–Kier alpha value is -0.380. The van der Waals surface area contributed by atoms with Gasteiger partial charge in [0, 0.05) is 19.5 Å². The number of likely N-dealkylation sites (tertiary alicyclic amines) is 1. The van der Waals surface area contributed by atoms with Crippen molar-refractivity contribution in [2.75, 3.05) is 19.6 Å². The molecule has 0 saturated carbocycles. The van der Waals surface area contributed by atoms with Crippen molar-refractivity contribution in [3.8, 4) is 0 Å². The monoisotopic (exact) mass is 204 g/mol. The second kappa shape index (κ2) is 4.22. The van der Waals surface area contributed by atoms with E-state index in [1.165, 1.54) is 0 Å². The van der Waals surface area contributed by atoms with E-state index in [4.69, 9.17) is 12.2 Å². The van der Waals surface area contributed by atoms with Crippen molar-refractivity contribution in [3.63, 3.8) is 0 Å². The van der Waals surface area contributed by atoms with Gasteiger partial charge in [0.1, 0.15) is 5.67 Å². The molecule has 0 aromatic rings. The van der Waals surface area contributed by atoms with Gasteiger partial charge in [-0.15, -0.1) is 0 Å². The lowest BCUT2D eigenvalue weighted by Crippen LogP contribution is -2.39. The van der Waals surface area contributed by atoms with E-state index in [0.29, 0.717) is 18.1 Å². The lowest BCUT2D eigenvalue weighted by Gasteiger charge is -2.20. The Labute approximate surface area is 84.5 Å². The van der Waals surface area contributed by atoms with E-state index in [1.54, 1.807) is 6.92 Å². The summed E-state index contributed by atoms with van der Waals surface area (Å²) in [5, 5.41) is 3.80. The third-order valence-electron chi connectivity index (χ3n) is 2.24. The van der Waals surface area contributed by atoms with Gasteiger partial charge >= 0.3 is 0 Å². The molecule has 1 rings (SSSR count). The van der Waals surface area contributed by atoms with Crippen LogP contribution >= 0.6 is 12.2 Å². The minimum absolute atomic E-state index is 0.433. The van der Waals surface area contributed by atoms with Gasteiger partial charge < -0.3 is 10.2 Å². The highest BCUT2D eigenvalue weighted by Crippen LogP contribution is 2.24. The summed E-state index contributed by atoms with van der Waals surface area (Å²) >= 11 is 5.13. The van der Waals surface area contributed by atoms with E-state index < -0.39 is 5.67 Å². The van der Waals surface area contributed by atoms with Crippen molar-refractivity contribution < 1.29 is 4.39 Å².